The van der Waals surface area contributed by atoms with Crippen molar-refractivity contribution in [1.29, 1.82) is 0 Å². The van der Waals surface area contributed by atoms with Gasteiger partial charge in [-0.25, -0.2) is 0 Å². The van der Waals surface area contributed by atoms with E-state index in [1.807, 2.05) is 19.9 Å². The molecule has 0 aliphatic rings. The van der Waals surface area contributed by atoms with Crippen molar-refractivity contribution in [2.45, 2.75) is 39.7 Å². The molecule has 0 heterocycles. The van der Waals surface area contributed by atoms with Crippen molar-refractivity contribution < 1.29 is 9.90 Å². The molecule has 110 valence electrons. The Balaban J connectivity index is 2.72. The molecule has 0 radical (unpaired) electrons. The quantitative estimate of drug-likeness (QED) is 0.594. The van der Waals surface area contributed by atoms with Crippen LogP contribution in [0.4, 0.5) is 0 Å². The molecule has 0 aliphatic carbocycles. The van der Waals surface area contributed by atoms with Gasteiger partial charge in [-0.1, -0.05) is 39.3 Å². The third kappa shape index (κ3) is 5.03. The van der Waals surface area contributed by atoms with E-state index >= 15 is 0 Å². The highest BCUT2D eigenvalue weighted by atomic mass is 16.3. The topological polar surface area (TPSA) is 61.7 Å². The van der Waals surface area contributed by atoms with Crippen LogP contribution < -0.4 is 5.32 Å². The lowest BCUT2D eigenvalue weighted by atomic mass is 10.0. The molecule has 4 heteroatoms. The van der Waals surface area contributed by atoms with Gasteiger partial charge in [0.1, 0.15) is 11.8 Å². The summed E-state index contributed by atoms with van der Waals surface area (Å²) >= 11 is 0. The van der Waals surface area contributed by atoms with Gasteiger partial charge in [-0.05, 0) is 24.5 Å². The number of nitrogens with zero attached hydrogens (tertiary/aromatic N) is 1. The minimum Gasteiger partial charge on any atom is -0.507 e. The van der Waals surface area contributed by atoms with Gasteiger partial charge in [0.15, 0.2) is 0 Å². The fourth-order valence-corrected chi connectivity index (χ4v) is 1.79. The molecule has 1 amide bonds. The minimum absolute atomic E-state index is 0.0554. The number of benzene rings is 1. The molecule has 0 fully saturated rings. The highest BCUT2D eigenvalue weighted by Gasteiger charge is 2.20. The van der Waals surface area contributed by atoms with E-state index in [2.05, 4.69) is 17.2 Å². The number of hydrogen-bond donors (Lipinski definition) is 2. The Morgan fingerprint density at radius 3 is 2.70 bits per heavy atom. The maximum absolute atomic E-state index is 12.1. The fourth-order valence-electron chi connectivity index (χ4n) is 1.79. The summed E-state index contributed by atoms with van der Waals surface area (Å²) in [5.41, 5.74) is 0.625. The number of unbranched alkanes of at least 4 members (excludes halogenated alkanes) is 1. The first-order chi connectivity index (χ1) is 9.56. The monoisotopic (exact) mass is 276 g/mol. The number of amides is 1. The Morgan fingerprint density at radius 2 is 2.10 bits per heavy atom. The molecule has 0 saturated heterocycles. The zero-order valence-corrected chi connectivity index (χ0v) is 12.5. The smallest absolute Gasteiger partial charge is 0.245 e. The SMILES string of the molecule is CCCCNC(=O)C(N=Cc1ccccc1O)C(C)C. The Morgan fingerprint density at radius 1 is 1.40 bits per heavy atom. The lowest BCUT2D eigenvalue weighted by molar-refractivity contribution is -0.123. The summed E-state index contributed by atoms with van der Waals surface area (Å²) in [5, 5.41) is 12.6. The largest absolute Gasteiger partial charge is 0.507 e. The van der Waals surface area contributed by atoms with Crippen molar-refractivity contribution >= 4 is 12.1 Å². The molecule has 1 rings (SSSR count). The van der Waals surface area contributed by atoms with Crippen molar-refractivity contribution in [1.82, 2.24) is 5.32 Å². The summed E-state index contributed by atoms with van der Waals surface area (Å²) in [5.74, 6) is 0.226. The van der Waals surface area contributed by atoms with Gasteiger partial charge in [0.2, 0.25) is 5.91 Å². The molecule has 0 bridgehead atoms. The van der Waals surface area contributed by atoms with E-state index in [1.54, 1.807) is 24.4 Å². The van der Waals surface area contributed by atoms with Crippen molar-refractivity contribution in [3.63, 3.8) is 0 Å². The summed E-state index contributed by atoms with van der Waals surface area (Å²) in [7, 11) is 0. The van der Waals surface area contributed by atoms with Crippen LogP contribution in [-0.2, 0) is 4.79 Å². The predicted octanol–water partition coefficient (Wildman–Crippen LogP) is 2.75. The fraction of sp³-hybridized carbons (Fsp3) is 0.500. The normalized spacial score (nSPS) is 12.8. The van der Waals surface area contributed by atoms with E-state index < -0.39 is 6.04 Å². The van der Waals surface area contributed by atoms with Gasteiger partial charge in [0.05, 0.1) is 0 Å². The van der Waals surface area contributed by atoms with E-state index in [0.717, 1.165) is 12.8 Å². The van der Waals surface area contributed by atoms with Gasteiger partial charge in [-0.2, -0.15) is 0 Å². The number of aromatic hydroxyl groups is 1. The average Bonchev–Trinajstić information content (AvgIpc) is 2.41. The average molecular weight is 276 g/mol. The van der Waals surface area contributed by atoms with Crippen LogP contribution >= 0.6 is 0 Å². The standard InChI is InChI=1S/C16H24N2O2/c1-4-5-10-17-16(20)15(12(2)3)18-11-13-8-6-7-9-14(13)19/h6-9,11-12,15,19H,4-5,10H2,1-3H3,(H,17,20). The van der Waals surface area contributed by atoms with E-state index in [1.165, 1.54) is 0 Å². The Labute approximate surface area is 120 Å². The second-order valence-corrected chi connectivity index (χ2v) is 5.17. The second-order valence-electron chi connectivity index (χ2n) is 5.17. The van der Waals surface area contributed by atoms with Gasteiger partial charge >= 0.3 is 0 Å². The van der Waals surface area contributed by atoms with E-state index in [9.17, 15) is 9.90 Å². The molecular weight excluding hydrogens is 252 g/mol. The Hall–Kier alpha value is -1.84. The molecule has 0 aromatic heterocycles. The van der Waals surface area contributed by atoms with Crippen molar-refractivity contribution in [3.05, 3.63) is 29.8 Å². The number of nitrogens with one attached hydrogen (secondary N) is 1. The lowest BCUT2D eigenvalue weighted by Gasteiger charge is -2.16. The maximum Gasteiger partial charge on any atom is 0.245 e. The molecule has 2 N–H and O–H groups in total. The molecule has 1 atom stereocenters. The molecule has 20 heavy (non-hydrogen) atoms. The zero-order valence-electron chi connectivity index (χ0n) is 12.5. The molecule has 4 nitrogen and oxygen atoms in total. The van der Waals surface area contributed by atoms with Crippen LogP contribution in [0.15, 0.2) is 29.3 Å². The summed E-state index contributed by atoms with van der Waals surface area (Å²) in [6, 6.07) is 6.53. The molecule has 0 spiro atoms. The summed E-state index contributed by atoms with van der Waals surface area (Å²) in [6.07, 6.45) is 3.59. The number of para-hydroxylation sites is 1. The Kier molecular flexibility index (Phi) is 6.77. The van der Waals surface area contributed by atoms with E-state index in [-0.39, 0.29) is 17.6 Å². The van der Waals surface area contributed by atoms with Crippen molar-refractivity contribution in [2.24, 2.45) is 10.9 Å². The number of hydrogen-bond acceptors (Lipinski definition) is 3. The molecule has 1 unspecified atom stereocenters. The molecule has 1 aromatic carbocycles. The van der Waals surface area contributed by atoms with Gasteiger partial charge in [0.25, 0.3) is 0 Å². The summed E-state index contributed by atoms with van der Waals surface area (Å²) in [4.78, 5) is 16.4. The van der Waals surface area contributed by atoms with Crippen LogP contribution in [-0.4, -0.2) is 29.8 Å². The van der Waals surface area contributed by atoms with Crippen LogP contribution in [0.1, 0.15) is 39.2 Å². The third-order valence-electron chi connectivity index (χ3n) is 3.04. The predicted molar refractivity (Wildman–Crippen MR) is 82.2 cm³/mol. The first kappa shape index (κ1) is 16.2. The van der Waals surface area contributed by atoms with Crippen LogP contribution in [0.2, 0.25) is 0 Å². The molecule has 0 saturated carbocycles. The van der Waals surface area contributed by atoms with Gasteiger partial charge in [0, 0.05) is 18.3 Å². The third-order valence-corrected chi connectivity index (χ3v) is 3.04. The number of phenolic OH excluding ortho intramolecular Hbond substituents is 1. The second kappa shape index (κ2) is 8.35. The van der Waals surface area contributed by atoms with Crippen LogP contribution in [0.5, 0.6) is 5.75 Å². The number of phenols is 1. The number of carbonyl (C=O) groups excluding carboxylic acids is 1. The highest BCUT2D eigenvalue weighted by molar-refractivity contribution is 5.88. The van der Waals surface area contributed by atoms with Crippen molar-refractivity contribution in [2.75, 3.05) is 6.54 Å². The van der Waals surface area contributed by atoms with E-state index in [0.29, 0.717) is 12.1 Å². The number of carbonyl (C=O) groups is 1. The van der Waals surface area contributed by atoms with Crippen LogP contribution in [0.3, 0.4) is 0 Å². The van der Waals surface area contributed by atoms with Crippen molar-refractivity contribution in [3.8, 4) is 5.75 Å². The first-order valence-electron chi connectivity index (χ1n) is 7.15. The van der Waals surface area contributed by atoms with Crippen LogP contribution in [0, 0.1) is 5.92 Å². The van der Waals surface area contributed by atoms with Crippen LogP contribution in [0.25, 0.3) is 0 Å². The number of aliphatic imine (C=N–C) groups is 1. The molecule has 0 aliphatic heterocycles. The summed E-state index contributed by atoms with van der Waals surface area (Å²) in [6.45, 7) is 6.70. The van der Waals surface area contributed by atoms with E-state index in [4.69, 9.17) is 0 Å². The minimum atomic E-state index is -0.425. The van der Waals surface area contributed by atoms with Gasteiger partial charge < -0.3 is 10.4 Å². The maximum atomic E-state index is 12.1. The highest BCUT2D eigenvalue weighted by Crippen LogP contribution is 2.14. The lowest BCUT2D eigenvalue weighted by Crippen LogP contribution is -2.37. The first-order valence-corrected chi connectivity index (χ1v) is 7.15. The summed E-state index contributed by atoms with van der Waals surface area (Å²) < 4.78 is 0. The number of rotatable bonds is 7. The molecule has 1 aromatic rings. The molecular formula is C16H24N2O2. The zero-order chi connectivity index (χ0) is 15.0. The van der Waals surface area contributed by atoms with Gasteiger partial charge in [-0.15, -0.1) is 0 Å². The Bertz CT molecular complexity index is 456. The van der Waals surface area contributed by atoms with Gasteiger partial charge in [-0.3, -0.25) is 9.79 Å².